The van der Waals surface area contributed by atoms with E-state index in [0.29, 0.717) is 37.7 Å². The Morgan fingerprint density at radius 2 is 1.83 bits per heavy atom. The van der Waals surface area contributed by atoms with Gasteiger partial charge in [-0.25, -0.2) is 13.1 Å². The van der Waals surface area contributed by atoms with Gasteiger partial charge in [0.2, 0.25) is 10.0 Å². The van der Waals surface area contributed by atoms with E-state index >= 15 is 0 Å². The molecule has 0 aromatic heterocycles. The smallest absolute Gasteiger partial charge is 0.306 e. The average Bonchev–Trinajstić information content (AvgIpc) is 2.55. The maximum Gasteiger partial charge on any atom is 0.306 e. The van der Waals surface area contributed by atoms with Crippen LogP contribution in [0, 0.1) is 5.92 Å². The first-order valence-electron chi connectivity index (χ1n) is 8.28. The molecule has 1 saturated carbocycles. The number of sulfonamides is 1. The molecule has 0 amide bonds. The Morgan fingerprint density at radius 3 is 2.50 bits per heavy atom. The summed E-state index contributed by atoms with van der Waals surface area (Å²) in [5, 5.41) is 9.00. The molecule has 24 heavy (non-hydrogen) atoms. The van der Waals surface area contributed by atoms with Gasteiger partial charge >= 0.3 is 5.97 Å². The molecule has 2 N–H and O–H groups in total. The Balaban J connectivity index is 1.73. The van der Waals surface area contributed by atoms with Gasteiger partial charge in [0, 0.05) is 18.0 Å². The Kier molecular flexibility index (Phi) is 4.73. The van der Waals surface area contributed by atoms with E-state index in [1.54, 1.807) is 12.1 Å². The molecule has 0 atom stereocenters. The number of Topliss-reactive ketones (excluding diaryl/α,β-unsaturated/α-hetero) is 1. The number of carbonyl (C=O) groups excluding carboxylic acids is 1. The maximum absolute atomic E-state index is 12.6. The topological polar surface area (TPSA) is 101 Å². The zero-order chi connectivity index (χ0) is 17.3. The largest absolute Gasteiger partial charge is 0.481 e. The number of rotatable bonds is 4. The van der Waals surface area contributed by atoms with Crippen LogP contribution >= 0.6 is 0 Å². The van der Waals surface area contributed by atoms with Crippen LogP contribution in [0.1, 0.15) is 54.4 Å². The number of hydrogen-bond donors (Lipinski definition) is 2. The summed E-state index contributed by atoms with van der Waals surface area (Å²) in [5.74, 6) is -1.20. The third-order valence-electron chi connectivity index (χ3n) is 4.94. The van der Waals surface area contributed by atoms with E-state index in [4.69, 9.17) is 5.11 Å². The summed E-state index contributed by atoms with van der Waals surface area (Å²) in [7, 11) is -3.70. The molecule has 1 aromatic carbocycles. The van der Waals surface area contributed by atoms with Crippen LogP contribution in [0.25, 0.3) is 0 Å². The molecule has 6 nitrogen and oxygen atoms in total. The Hall–Kier alpha value is -1.73. The zero-order valence-electron chi connectivity index (χ0n) is 13.3. The first kappa shape index (κ1) is 17.1. The lowest BCUT2D eigenvalue weighted by Crippen LogP contribution is -2.38. The van der Waals surface area contributed by atoms with Crippen LogP contribution in [0.4, 0.5) is 0 Å². The number of aliphatic carboxylic acids is 1. The van der Waals surface area contributed by atoms with Crippen molar-refractivity contribution in [2.45, 2.75) is 55.9 Å². The fourth-order valence-electron chi connectivity index (χ4n) is 3.52. The van der Waals surface area contributed by atoms with E-state index in [2.05, 4.69) is 4.72 Å². The number of nitrogens with one attached hydrogen (secondary N) is 1. The molecule has 2 aliphatic rings. The van der Waals surface area contributed by atoms with E-state index in [-0.39, 0.29) is 22.6 Å². The predicted octanol–water partition coefficient (Wildman–Crippen LogP) is 2.13. The van der Waals surface area contributed by atoms with Crippen molar-refractivity contribution in [3.63, 3.8) is 0 Å². The van der Waals surface area contributed by atoms with Crippen LogP contribution in [-0.2, 0) is 21.2 Å². The van der Waals surface area contributed by atoms with Crippen molar-refractivity contribution in [2.75, 3.05) is 0 Å². The summed E-state index contributed by atoms with van der Waals surface area (Å²) in [5.41, 5.74) is 1.42. The summed E-state index contributed by atoms with van der Waals surface area (Å²) in [6.07, 6.45) is 4.05. The molecular weight excluding hydrogens is 330 g/mol. The summed E-state index contributed by atoms with van der Waals surface area (Å²) in [6, 6.07) is 4.49. The lowest BCUT2D eigenvalue weighted by Gasteiger charge is -2.26. The number of carbonyl (C=O) groups is 2. The monoisotopic (exact) mass is 351 g/mol. The number of fused-ring (bicyclic) bond motifs is 1. The molecule has 0 unspecified atom stereocenters. The highest BCUT2D eigenvalue weighted by molar-refractivity contribution is 7.89. The Bertz CT molecular complexity index is 763. The lowest BCUT2D eigenvalue weighted by molar-refractivity contribution is -0.142. The van der Waals surface area contributed by atoms with Gasteiger partial charge in [0.15, 0.2) is 5.78 Å². The average molecular weight is 351 g/mol. The van der Waals surface area contributed by atoms with E-state index in [1.165, 1.54) is 6.07 Å². The number of ketones is 1. The van der Waals surface area contributed by atoms with Crippen molar-refractivity contribution in [3.05, 3.63) is 29.3 Å². The highest BCUT2D eigenvalue weighted by Crippen LogP contribution is 2.27. The van der Waals surface area contributed by atoms with Gasteiger partial charge in [-0.05, 0) is 56.2 Å². The summed E-state index contributed by atoms with van der Waals surface area (Å²) in [6.45, 7) is 0. The molecule has 0 radical (unpaired) electrons. The van der Waals surface area contributed by atoms with Gasteiger partial charge in [0.25, 0.3) is 0 Å². The number of hydrogen-bond acceptors (Lipinski definition) is 4. The molecule has 0 spiro atoms. The van der Waals surface area contributed by atoms with Gasteiger partial charge in [-0.1, -0.05) is 6.07 Å². The number of aryl methyl sites for hydroxylation is 1. The molecule has 130 valence electrons. The van der Waals surface area contributed by atoms with Crippen molar-refractivity contribution in [1.82, 2.24) is 4.72 Å². The van der Waals surface area contributed by atoms with Gasteiger partial charge < -0.3 is 5.11 Å². The van der Waals surface area contributed by atoms with Crippen LogP contribution in [0.5, 0.6) is 0 Å². The second-order valence-electron chi connectivity index (χ2n) is 6.60. The third-order valence-corrected chi connectivity index (χ3v) is 6.46. The second kappa shape index (κ2) is 6.64. The van der Waals surface area contributed by atoms with Crippen LogP contribution < -0.4 is 4.72 Å². The Labute approximate surface area is 141 Å². The third kappa shape index (κ3) is 3.52. The molecule has 7 heteroatoms. The highest BCUT2D eigenvalue weighted by Gasteiger charge is 2.29. The van der Waals surface area contributed by atoms with Gasteiger partial charge in [-0.15, -0.1) is 0 Å². The quantitative estimate of drug-likeness (QED) is 0.865. The van der Waals surface area contributed by atoms with Crippen LogP contribution in [0.3, 0.4) is 0 Å². The standard InChI is InChI=1S/C17H21NO5S/c19-16-3-1-2-11-6-9-14(10-15(11)16)24(22,23)18-13-7-4-12(5-8-13)17(20)21/h6,9-10,12-13,18H,1-5,7-8H2,(H,20,21). The molecular formula is C17H21NO5S. The van der Waals surface area contributed by atoms with Gasteiger partial charge in [-0.3, -0.25) is 9.59 Å². The minimum atomic E-state index is -3.70. The van der Waals surface area contributed by atoms with Crippen molar-refractivity contribution in [2.24, 2.45) is 5.92 Å². The zero-order valence-corrected chi connectivity index (χ0v) is 14.1. The molecule has 0 bridgehead atoms. The number of carboxylic acids is 1. The van der Waals surface area contributed by atoms with Crippen LogP contribution in [0.2, 0.25) is 0 Å². The SMILES string of the molecule is O=C1CCCc2ccc(S(=O)(=O)NC3CCC(C(=O)O)CC3)cc21. The normalized spacial score (nSPS) is 24.4. The summed E-state index contributed by atoms with van der Waals surface area (Å²) < 4.78 is 27.8. The van der Waals surface area contributed by atoms with E-state index in [9.17, 15) is 18.0 Å². The fraction of sp³-hybridized carbons (Fsp3) is 0.529. The first-order chi connectivity index (χ1) is 11.4. The molecule has 1 aromatic rings. The minimum absolute atomic E-state index is 0.00438. The van der Waals surface area contributed by atoms with Crippen LogP contribution in [0.15, 0.2) is 23.1 Å². The van der Waals surface area contributed by atoms with E-state index < -0.39 is 16.0 Å². The number of benzene rings is 1. The van der Waals surface area contributed by atoms with Gasteiger partial charge in [0.1, 0.15) is 0 Å². The molecule has 2 aliphatic carbocycles. The van der Waals surface area contributed by atoms with Gasteiger partial charge in [0.05, 0.1) is 10.8 Å². The highest BCUT2D eigenvalue weighted by atomic mass is 32.2. The second-order valence-corrected chi connectivity index (χ2v) is 8.32. The van der Waals surface area contributed by atoms with Crippen molar-refractivity contribution >= 4 is 21.8 Å². The molecule has 1 fully saturated rings. The minimum Gasteiger partial charge on any atom is -0.481 e. The molecule has 3 rings (SSSR count). The molecule has 0 aliphatic heterocycles. The maximum atomic E-state index is 12.6. The Morgan fingerprint density at radius 1 is 1.12 bits per heavy atom. The summed E-state index contributed by atoms with van der Waals surface area (Å²) in [4.78, 5) is 23.1. The van der Waals surface area contributed by atoms with Crippen molar-refractivity contribution in [1.29, 1.82) is 0 Å². The van der Waals surface area contributed by atoms with E-state index in [0.717, 1.165) is 18.4 Å². The van der Waals surface area contributed by atoms with Crippen molar-refractivity contribution in [3.8, 4) is 0 Å². The number of carboxylic acid groups (broad SMARTS) is 1. The molecule has 0 saturated heterocycles. The van der Waals surface area contributed by atoms with Crippen LogP contribution in [-0.4, -0.2) is 31.3 Å². The molecule has 0 heterocycles. The first-order valence-corrected chi connectivity index (χ1v) is 9.76. The van der Waals surface area contributed by atoms with E-state index in [1.807, 2.05) is 0 Å². The fourth-order valence-corrected chi connectivity index (χ4v) is 4.85. The lowest BCUT2D eigenvalue weighted by atomic mass is 9.87. The summed E-state index contributed by atoms with van der Waals surface area (Å²) >= 11 is 0. The van der Waals surface area contributed by atoms with Gasteiger partial charge in [-0.2, -0.15) is 0 Å². The predicted molar refractivity (Wildman–Crippen MR) is 87.4 cm³/mol. The van der Waals surface area contributed by atoms with Crippen molar-refractivity contribution < 1.29 is 23.1 Å².